The van der Waals surface area contributed by atoms with Gasteiger partial charge in [0.2, 0.25) is 0 Å². The van der Waals surface area contributed by atoms with Gasteiger partial charge < -0.3 is 4.57 Å². The molecule has 0 atom stereocenters. The third-order valence-electron chi connectivity index (χ3n) is 2.32. The van der Waals surface area contributed by atoms with Crippen molar-refractivity contribution in [2.75, 3.05) is 0 Å². The molecule has 90 valence electrons. The summed E-state index contributed by atoms with van der Waals surface area (Å²) in [5.41, 5.74) is 0.0218. The van der Waals surface area contributed by atoms with Crippen LogP contribution in [0.1, 0.15) is 5.56 Å². The van der Waals surface area contributed by atoms with E-state index in [2.05, 4.69) is 27.6 Å². The van der Waals surface area contributed by atoms with E-state index in [0.29, 0.717) is 11.4 Å². The highest BCUT2D eigenvalue weighted by atomic mass is 127. The molecular weight excluding hydrogens is 344 g/mol. The molecule has 0 radical (unpaired) electrons. The molecule has 1 aromatic heterocycles. The van der Waals surface area contributed by atoms with Crippen molar-refractivity contribution < 1.29 is 13.2 Å². The zero-order valence-electron chi connectivity index (χ0n) is 8.79. The topological polar surface area (TPSA) is 17.8 Å². The lowest BCUT2D eigenvalue weighted by atomic mass is 10.1. The SMILES string of the molecule is Cn1cc(I)nc1-c1ccc(C(F)(F)F)cc1. The Hall–Kier alpha value is -1.05. The molecule has 2 nitrogen and oxygen atoms in total. The molecule has 0 aliphatic heterocycles. The van der Waals surface area contributed by atoms with Crippen LogP contribution in [0.15, 0.2) is 30.5 Å². The van der Waals surface area contributed by atoms with E-state index < -0.39 is 11.7 Å². The molecule has 0 spiro atoms. The number of hydrogen-bond acceptors (Lipinski definition) is 1. The smallest absolute Gasteiger partial charge is 0.333 e. The van der Waals surface area contributed by atoms with Crippen molar-refractivity contribution in [1.82, 2.24) is 9.55 Å². The Morgan fingerprint density at radius 3 is 2.18 bits per heavy atom. The summed E-state index contributed by atoms with van der Waals surface area (Å²) >= 11 is 2.06. The fraction of sp³-hybridized carbons (Fsp3) is 0.182. The summed E-state index contributed by atoms with van der Waals surface area (Å²) in [6, 6.07) is 5.00. The zero-order chi connectivity index (χ0) is 12.6. The summed E-state index contributed by atoms with van der Waals surface area (Å²) in [6.45, 7) is 0. The van der Waals surface area contributed by atoms with Crippen LogP contribution in [0.2, 0.25) is 0 Å². The van der Waals surface area contributed by atoms with Crippen LogP contribution >= 0.6 is 22.6 Å². The van der Waals surface area contributed by atoms with Crippen molar-refractivity contribution >= 4 is 22.6 Å². The van der Waals surface area contributed by atoms with Crippen molar-refractivity contribution in [2.24, 2.45) is 7.05 Å². The number of imidazole rings is 1. The third-order valence-corrected chi connectivity index (χ3v) is 2.84. The summed E-state index contributed by atoms with van der Waals surface area (Å²) in [4.78, 5) is 4.24. The standard InChI is InChI=1S/C11H8F3IN2/c1-17-6-9(15)16-10(17)7-2-4-8(5-3-7)11(12,13)14/h2-6H,1H3. The van der Waals surface area contributed by atoms with Gasteiger partial charge in [0.1, 0.15) is 9.53 Å². The first-order chi connectivity index (χ1) is 7.88. The van der Waals surface area contributed by atoms with Gasteiger partial charge in [-0.05, 0) is 34.7 Å². The van der Waals surface area contributed by atoms with Gasteiger partial charge in [-0.2, -0.15) is 13.2 Å². The maximum atomic E-state index is 12.4. The first kappa shape index (κ1) is 12.4. The van der Waals surface area contributed by atoms with E-state index >= 15 is 0 Å². The normalized spacial score (nSPS) is 11.8. The van der Waals surface area contributed by atoms with Gasteiger partial charge in [0.15, 0.2) is 0 Å². The maximum Gasteiger partial charge on any atom is 0.416 e. The second-order valence-corrected chi connectivity index (χ2v) is 4.68. The summed E-state index contributed by atoms with van der Waals surface area (Å²) < 4.78 is 39.7. The fourth-order valence-corrected chi connectivity index (χ4v) is 2.15. The quantitative estimate of drug-likeness (QED) is 0.716. The molecule has 6 heteroatoms. The Balaban J connectivity index is 2.39. The molecule has 0 unspecified atom stereocenters. The Bertz CT molecular complexity index is 529. The Morgan fingerprint density at radius 1 is 1.18 bits per heavy atom. The van der Waals surface area contributed by atoms with Gasteiger partial charge in [0.05, 0.1) is 5.56 Å². The molecule has 17 heavy (non-hydrogen) atoms. The third kappa shape index (κ3) is 2.62. The van der Waals surface area contributed by atoms with Gasteiger partial charge in [-0.15, -0.1) is 0 Å². The minimum Gasteiger partial charge on any atom is -0.333 e. The van der Waals surface area contributed by atoms with Crippen LogP contribution < -0.4 is 0 Å². The summed E-state index contributed by atoms with van der Waals surface area (Å²) in [6.07, 6.45) is -2.48. The number of benzene rings is 1. The number of aromatic nitrogens is 2. The van der Waals surface area contributed by atoms with Crippen molar-refractivity contribution in [2.45, 2.75) is 6.18 Å². The average Bonchev–Trinajstić information content (AvgIpc) is 2.57. The van der Waals surface area contributed by atoms with Crippen molar-refractivity contribution in [1.29, 1.82) is 0 Å². The second kappa shape index (κ2) is 4.32. The molecule has 0 saturated heterocycles. The van der Waals surface area contributed by atoms with Crippen molar-refractivity contribution in [3.63, 3.8) is 0 Å². The molecule has 0 aliphatic rings. The van der Waals surface area contributed by atoms with Gasteiger partial charge >= 0.3 is 6.18 Å². The van der Waals surface area contributed by atoms with Crippen LogP contribution in [0.3, 0.4) is 0 Å². The van der Waals surface area contributed by atoms with E-state index in [1.165, 1.54) is 12.1 Å². The molecule has 0 fully saturated rings. The predicted octanol–water partition coefficient (Wildman–Crippen LogP) is 3.71. The van der Waals surface area contributed by atoms with Gasteiger partial charge in [-0.25, -0.2) is 4.98 Å². The van der Waals surface area contributed by atoms with Gasteiger partial charge in [0.25, 0.3) is 0 Å². The Morgan fingerprint density at radius 2 is 1.76 bits per heavy atom. The monoisotopic (exact) mass is 352 g/mol. The minimum absolute atomic E-state index is 0.648. The molecule has 2 aromatic rings. The van der Waals surface area contributed by atoms with E-state index in [4.69, 9.17) is 0 Å². The highest BCUT2D eigenvalue weighted by Gasteiger charge is 2.30. The van der Waals surface area contributed by atoms with Gasteiger partial charge in [-0.1, -0.05) is 12.1 Å². The lowest BCUT2D eigenvalue weighted by Crippen LogP contribution is -2.04. The van der Waals surface area contributed by atoms with Crippen LogP contribution in [0.4, 0.5) is 13.2 Å². The highest BCUT2D eigenvalue weighted by Crippen LogP contribution is 2.30. The fourth-order valence-electron chi connectivity index (χ4n) is 1.51. The largest absolute Gasteiger partial charge is 0.416 e. The van der Waals surface area contributed by atoms with Crippen LogP contribution in [0.5, 0.6) is 0 Å². The number of nitrogens with zero attached hydrogens (tertiary/aromatic N) is 2. The predicted molar refractivity (Wildman–Crippen MR) is 66.4 cm³/mol. The number of halogens is 4. The molecular formula is C11H8F3IN2. The van der Waals surface area contributed by atoms with Crippen molar-refractivity contribution in [3.05, 3.63) is 39.7 Å². The van der Waals surface area contributed by atoms with Crippen LogP contribution in [-0.4, -0.2) is 9.55 Å². The molecule has 0 N–H and O–H groups in total. The number of alkyl halides is 3. The van der Waals surface area contributed by atoms with E-state index in [-0.39, 0.29) is 0 Å². The van der Waals surface area contributed by atoms with E-state index in [1.54, 1.807) is 4.57 Å². The van der Waals surface area contributed by atoms with Crippen LogP contribution in [0, 0.1) is 3.70 Å². The molecule has 1 aromatic carbocycles. The van der Waals surface area contributed by atoms with E-state index in [1.807, 2.05) is 13.2 Å². The summed E-state index contributed by atoms with van der Waals surface area (Å²) in [7, 11) is 1.81. The van der Waals surface area contributed by atoms with E-state index in [0.717, 1.165) is 15.8 Å². The minimum atomic E-state index is -4.30. The molecule has 1 heterocycles. The lowest BCUT2D eigenvalue weighted by Gasteiger charge is -2.07. The highest BCUT2D eigenvalue weighted by molar-refractivity contribution is 14.1. The maximum absolute atomic E-state index is 12.4. The Kier molecular flexibility index (Phi) is 3.15. The Labute approximate surface area is 110 Å². The number of aryl methyl sites for hydroxylation is 1. The van der Waals surface area contributed by atoms with Crippen molar-refractivity contribution in [3.8, 4) is 11.4 Å². The van der Waals surface area contributed by atoms with Gasteiger partial charge in [-0.3, -0.25) is 0 Å². The van der Waals surface area contributed by atoms with E-state index in [9.17, 15) is 13.2 Å². The van der Waals surface area contributed by atoms with Crippen LogP contribution in [-0.2, 0) is 13.2 Å². The lowest BCUT2D eigenvalue weighted by molar-refractivity contribution is -0.137. The van der Waals surface area contributed by atoms with Crippen LogP contribution in [0.25, 0.3) is 11.4 Å². The zero-order valence-corrected chi connectivity index (χ0v) is 11.0. The second-order valence-electron chi connectivity index (χ2n) is 3.57. The molecule has 0 saturated carbocycles. The number of hydrogen-bond donors (Lipinski definition) is 0. The summed E-state index contributed by atoms with van der Waals surface area (Å²) in [5, 5.41) is 0. The number of rotatable bonds is 1. The first-order valence-electron chi connectivity index (χ1n) is 4.74. The molecule has 2 rings (SSSR count). The average molecular weight is 352 g/mol. The first-order valence-corrected chi connectivity index (χ1v) is 5.82. The molecule has 0 amide bonds. The molecule has 0 aliphatic carbocycles. The van der Waals surface area contributed by atoms with Gasteiger partial charge in [0, 0.05) is 18.8 Å². The summed E-state index contributed by atoms with van der Waals surface area (Å²) in [5.74, 6) is 0.656. The molecule has 0 bridgehead atoms.